The standard InChI is InChI=1S/C43H55F2NO6/c1-30-9-7-19-42(2)38(36-16-13-32(23-34(47)15-12-30)24-37(36)41(49)33-14-17-39(44)40(45)25-33)18-20-43(42,50)29-46(21-8-22-51-3)26-35(48)28-52-27-31-10-5-4-6-11-31/h4-6,9-11,13-14,16-17,24-25,34-35,38,47-48,50H,7-8,12,15,18-23,26-29H2,1-3H3/t34-,35+,38-,42-,43+/m0/s1. The van der Waals surface area contributed by atoms with Crippen LogP contribution in [-0.4, -0.2) is 83.8 Å². The third kappa shape index (κ3) is 9.81. The molecule has 3 aliphatic carbocycles. The molecule has 0 amide bonds. The first kappa shape index (κ1) is 39.9. The summed E-state index contributed by atoms with van der Waals surface area (Å²) in [6.45, 7) is 6.46. The molecule has 0 saturated heterocycles. The number of hydrogen-bond acceptors (Lipinski definition) is 7. The first-order chi connectivity index (χ1) is 24.9. The van der Waals surface area contributed by atoms with E-state index in [0.717, 1.165) is 35.2 Å². The Kier molecular flexibility index (Phi) is 13.9. The summed E-state index contributed by atoms with van der Waals surface area (Å²) in [6, 6.07) is 18.7. The number of nitrogens with zero attached hydrogens (tertiary/aromatic N) is 1. The molecule has 0 radical (unpaired) electrons. The summed E-state index contributed by atoms with van der Waals surface area (Å²) in [5, 5.41) is 34.9. The molecule has 0 unspecified atom stereocenters. The highest BCUT2D eigenvalue weighted by Gasteiger charge is 2.57. The molecule has 1 saturated carbocycles. The lowest BCUT2D eigenvalue weighted by Crippen LogP contribution is -2.54. The zero-order chi connectivity index (χ0) is 37.3. The fraction of sp³-hybridized carbons (Fsp3) is 0.512. The molecule has 1 fully saturated rings. The molecule has 282 valence electrons. The van der Waals surface area contributed by atoms with E-state index in [1.807, 2.05) is 42.5 Å². The zero-order valence-electron chi connectivity index (χ0n) is 30.8. The zero-order valence-corrected chi connectivity index (χ0v) is 30.8. The third-order valence-corrected chi connectivity index (χ3v) is 11.3. The average molecular weight is 720 g/mol. The molecule has 7 nitrogen and oxygen atoms in total. The van der Waals surface area contributed by atoms with Gasteiger partial charge in [0.25, 0.3) is 0 Å². The van der Waals surface area contributed by atoms with E-state index < -0.39 is 40.6 Å². The van der Waals surface area contributed by atoms with Crippen molar-refractivity contribution in [1.29, 1.82) is 0 Å². The minimum Gasteiger partial charge on any atom is -0.393 e. The van der Waals surface area contributed by atoms with Gasteiger partial charge in [-0.25, -0.2) is 8.78 Å². The van der Waals surface area contributed by atoms with Crippen molar-refractivity contribution in [1.82, 2.24) is 4.90 Å². The van der Waals surface area contributed by atoms with Gasteiger partial charge in [0, 0.05) is 49.9 Å². The predicted octanol–water partition coefficient (Wildman–Crippen LogP) is 7.15. The van der Waals surface area contributed by atoms with Crippen LogP contribution >= 0.6 is 0 Å². The van der Waals surface area contributed by atoms with E-state index in [1.165, 1.54) is 11.6 Å². The lowest BCUT2D eigenvalue weighted by atomic mass is 9.64. The fourth-order valence-electron chi connectivity index (χ4n) is 8.26. The van der Waals surface area contributed by atoms with E-state index in [1.54, 1.807) is 13.2 Å². The smallest absolute Gasteiger partial charge is 0.193 e. The van der Waals surface area contributed by atoms with Crippen molar-refractivity contribution in [3.63, 3.8) is 0 Å². The van der Waals surface area contributed by atoms with Crippen molar-refractivity contribution in [3.8, 4) is 0 Å². The van der Waals surface area contributed by atoms with Gasteiger partial charge in [0.1, 0.15) is 0 Å². The average Bonchev–Trinajstić information content (AvgIpc) is 3.37. The van der Waals surface area contributed by atoms with Crippen LogP contribution in [0.1, 0.15) is 97.3 Å². The summed E-state index contributed by atoms with van der Waals surface area (Å²) in [4.78, 5) is 16.3. The number of ketones is 1. The third-order valence-electron chi connectivity index (χ3n) is 11.3. The monoisotopic (exact) mass is 719 g/mol. The quantitative estimate of drug-likeness (QED) is 0.0925. The van der Waals surface area contributed by atoms with Crippen molar-refractivity contribution in [2.75, 3.05) is 40.0 Å². The van der Waals surface area contributed by atoms with Gasteiger partial charge < -0.3 is 24.8 Å². The van der Waals surface area contributed by atoms with Gasteiger partial charge in [0.15, 0.2) is 17.4 Å². The number of carbonyl (C=O) groups is 1. The Hall–Kier alpha value is -3.31. The summed E-state index contributed by atoms with van der Waals surface area (Å²) >= 11 is 0. The minimum absolute atomic E-state index is 0.0419. The van der Waals surface area contributed by atoms with Crippen molar-refractivity contribution in [2.45, 2.75) is 95.5 Å². The summed E-state index contributed by atoms with van der Waals surface area (Å²) in [7, 11) is 1.66. The first-order valence-electron chi connectivity index (χ1n) is 18.6. The van der Waals surface area contributed by atoms with Crippen LogP contribution in [0.5, 0.6) is 0 Å². The molecule has 0 spiro atoms. The Morgan fingerprint density at radius 3 is 2.58 bits per heavy atom. The molecule has 0 aromatic heterocycles. The maximum Gasteiger partial charge on any atom is 0.193 e. The van der Waals surface area contributed by atoms with E-state index in [0.29, 0.717) is 83.4 Å². The van der Waals surface area contributed by atoms with Crippen LogP contribution in [0.2, 0.25) is 0 Å². The topological polar surface area (TPSA) is 99.5 Å². The lowest BCUT2D eigenvalue weighted by molar-refractivity contribution is -0.0913. The molecule has 3 aliphatic rings. The molecule has 5 atom stereocenters. The van der Waals surface area contributed by atoms with Gasteiger partial charge in [-0.15, -0.1) is 0 Å². The maximum atomic E-state index is 14.4. The highest BCUT2D eigenvalue weighted by Crippen LogP contribution is 2.59. The number of fused-ring (bicyclic) bond motifs is 8. The Balaban J connectivity index is 1.47. The molecule has 0 aliphatic heterocycles. The minimum atomic E-state index is -1.19. The molecule has 9 heteroatoms. The van der Waals surface area contributed by atoms with E-state index >= 15 is 0 Å². The number of carbonyl (C=O) groups excluding carboxylic acids is 1. The van der Waals surface area contributed by atoms with Crippen LogP contribution in [0, 0.1) is 17.0 Å². The second-order valence-corrected chi connectivity index (χ2v) is 15.1. The van der Waals surface area contributed by atoms with Crippen LogP contribution in [-0.2, 0) is 22.5 Å². The maximum absolute atomic E-state index is 14.4. The van der Waals surface area contributed by atoms with Crippen molar-refractivity contribution < 1.29 is 38.4 Å². The van der Waals surface area contributed by atoms with Crippen LogP contribution < -0.4 is 0 Å². The Labute approximate surface area is 307 Å². The largest absolute Gasteiger partial charge is 0.393 e. The number of hydrogen-bond donors (Lipinski definition) is 3. The highest BCUT2D eigenvalue weighted by molar-refractivity contribution is 6.10. The number of methoxy groups -OCH3 is 1. The summed E-state index contributed by atoms with van der Waals surface area (Å²) in [5.74, 6) is -2.78. The van der Waals surface area contributed by atoms with Crippen LogP contribution in [0.15, 0.2) is 78.4 Å². The SMILES string of the molecule is COCCCN(C[C@@H](O)COCc1ccccc1)C[C@]1(O)CC[C@H]2c3ccc(cc3C(=O)c3ccc(F)c(F)c3)C[C@@H](O)CCC(C)=CCC[C@@]21C. The van der Waals surface area contributed by atoms with Crippen LogP contribution in [0.25, 0.3) is 0 Å². The molecular formula is C43H55F2NO6. The van der Waals surface area contributed by atoms with Gasteiger partial charge in [0.2, 0.25) is 0 Å². The van der Waals surface area contributed by atoms with Crippen molar-refractivity contribution >= 4 is 5.78 Å². The number of rotatable bonds is 14. The molecule has 2 bridgehead atoms. The lowest BCUT2D eigenvalue weighted by Gasteiger charge is -2.46. The van der Waals surface area contributed by atoms with Gasteiger partial charge in [-0.3, -0.25) is 9.69 Å². The molecule has 3 N–H and O–H groups in total. The molecule has 0 heterocycles. The fourth-order valence-corrected chi connectivity index (χ4v) is 8.26. The first-order valence-corrected chi connectivity index (χ1v) is 18.6. The summed E-state index contributed by atoms with van der Waals surface area (Å²) in [6.07, 6.45) is 5.56. The number of benzene rings is 3. The second-order valence-electron chi connectivity index (χ2n) is 15.1. The van der Waals surface area contributed by atoms with Crippen LogP contribution in [0.4, 0.5) is 8.78 Å². The molecule has 3 aromatic rings. The second kappa shape index (κ2) is 18.1. The van der Waals surface area contributed by atoms with E-state index in [2.05, 4.69) is 24.8 Å². The van der Waals surface area contributed by atoms with Gasteiger partial charge in [-0.1, -0.05) is 61.0 Å². The number of halogens is 2. The normalized spacial score (nSPS) is 24.4. The van der Waals surface area contributed by atoms with Gasteiger partial charge in [-0.2, -0.15) is 0 Å². The number of aliphatic hydroxyl groups excluding tert-OH is 2. The Morgan fingerprint density at radius 2 is 1.83 bits per heavy atom. The predicted molar refractivity (Wildman–Crippen MR) is 198 cm³/mol. The summed E-state index contributed by atoms with van der Waals surface area (Å²) in [5.41, 5.74) is 2.27. The van der Waals surface area contributed by atoms with E-state index in [-0.39, 0.29) is 18.1 Å². The number of aliphatic hydroxyl groups is 3. The number of allylic oxidation sites excluding steroid dienone is 2. The summed E-state index contributed by atoms with van der Waals surface area (Å²) < 4.78 is 39.5. The van der Waals surface area contributed by atoms with Gasteiger partial charge >= 0.3 is 0 Å². The van der Waals surface area contributed by atoms with Gasteiger partial charge in [0.05, 0.1) is 31.0 Å². The van der Waals surface area contributed by atoms with Crippen molar-refractivity contribution in [3.05, 3.63) is 118 Å². The molecule has 3 aromatic carbocycles. The molecule has 6 rings (SSSR count). The molecular weight excluding hydrogens is 664 g/mol. The Bertz CT molecular complexity index is 1670. The van der Waals surface area contributed by atoms with E-state index in [9.17, 15) is 28.9 Å². The van der Waals surface area contributed by atoms with Gasteiger partial charge in [-0.05, 0) is 105 Å². The van der Waals surface area contributed by atoms with Crippen LogP contribution in [0.3, 0.4) is 0 Å². The van der Waals surface area contributed by atoms with Crippen molar-refractivity contribution in [2.24, 2.45) is 5.41 Å². The highest BCUT2D eigenvalue weighted by atomic mass is 19.2. The Morgan fingerprint density at radius 1 is 1.04 bits per heavy atom. The van der Waals surface area contributed by atoms with E-state index in [4.69, 9.17) is 9.47 Å². The number of ether oxygens (including phenoxy) is 2. The molecule has 52 heavy (non-hydrogen) atoms.